The number of thiophene rings is 1. The van der Waals surface area contributed by atoms with Gasteiger partial charge in [0.25, 0.3) is 5.91 Å². The van der Waals surface area contributed by atoms with E-state index in [9.17, 15) is 4.79 Å². The van der Waals surface area contributed by atoms with E-state index in [-0.39, 0.29) is 18.1 Å². The molecule has 0 radical (unpaired) electrons. The van der Waals surface area contributed by atoms with Crippen molar-refractivity contribution in [3.05, 3.63) is 45.2 Å². The Morgan fingerprint density at radius 1 is 1.33 bits per heavy atom. The van der Waals surface area contributed by atoms with Gasteiger partial charge in [-0.1, -0.05) is 29.8 Å². The lowest BCUT2D eigenvalue weighted by atomic mass is 10.2. The zero-order valence-electron chi connectivity index (χ0n) is 15.1. The molecule has 2 aromatic heterocycles. The minimum atomic E-state index is -0.212. The molecule has 3 heterocycles. The van der Waals surface area contributed by atoms with Crippen molar-refractivity contribution in [3.8, 4) is 0 Å². The summed E-state index contributed by atoms with van der Waals surface area (Å²) in [6.45, 7) is 6.71. The largest absolute Gasteiger partial charge is 0.373 e. The Morgan fingerprint density at radius 3 is 2.81 bits per heavy atom. The first-order valence-corrected chi connectivity index (χ1v) is 10.9. The van der Waals surface area contributed by atoms with E-state index in [0.29, 0.717) is 15.0 Å². The number of carbonyl (C=O) groups is 1. The number of ether oxygens (including phenoxy) is 1. The van der Waals surface area contributed by atoms with Crippen LogP contribution in [0.5, 0.6) is 0 Å². The highest BCUT2D eigenvalue weighted by Crippen LogP contribution is 2.35. The molecule has 0 aliphatic carbocycles. The predicted molar refractivity (Wildman–Crippen MR) is 112 cm³/mol. The van der Waals surface area contributed by atoms with Crippen LogP contribution in [0, 0.1) is 0 Å². The summed E-state index contributed by atoms with van der Waals surface area (Å²) < 4.78 is 6.77. The van der Waals surface area contributed by atoms with Crippen LogP contribution in [0.25, 0.3) is 10.1 Å². The van der Waals surface area contributed by atoms with Gasteiger partial charge in [-0.25, -0.2) is 4.98 Å². The van der Waals surface area contributed by atoms with Crippen molar-refractivity contribution < 1.29 is 9.53 Å². The number of morpholine rings is 1. The van der Waals surface area contributed by atoms with E-state index < -0.39 is 0 Å². The highest BCUT2D eigenvalue weighted by molar-refractivity contribution is 7.21. The van der Waals surface area contributed by atoms with Crippen LogP contribution >= 0.6 is 34.3 Å². The standard InChI is InChI=1S/C19H20ClN3O2S2/c1-11-7-23(8-12(2)25-11)9-13-10-26-19(21-13)22-18(24)17-16(20)14-5-3-4-6-15(14)27-17/h3-6,10-12H,7-9H2,1-2H3,(H,21,22,24). The number of halogens is 1. The number of hydrogen-bond acceptors (Lipinski definition) is 6. The number of thiazole rings is 1. The average Bonchev–Trinajstić information content (AvgIpc) is 3.19. The molecule has 4 rings (SSSR count). The second-order valence-electron chi connectivity index (χ2n) is 6.79. The SMILES string of the molecule is CC1CN(Cc2csc(NC(=O)c3sc4ccccc4c3Cl)n2)CC(C)O1. The van der Waals surface area contributed by atoms with Crippen molar-refractivity contribution in [2.24, 2.45) is 0 Å². The van der Waals surface area contributed by atoms with E-state index in [2.05, 4.69) is 29.0 Å². The second-order valence-corrected chi connectivity index (χ2v) is 9.08. The number of benzene rings is 1. The Balaban J connectivity index is 1.44. The minimum Gasteiger partial charge on any atom is -0.373 e. The quantitative estimate of drug-likeness (QED) is 0.652. The molecule has 1 N–H and O–H groups in total. The van der Waals surface area contributed by atoms with Crippen molar-refractivity contribution in [2.75, 3.05) is 18.4 Å². The molecular formula is C19H20ClN3O2S2. The predicted octanol–water partition coefficient (Wildman–Crippen LogP) is 4.87. The normalized spacial score (nSPS) is 20.9. The lowest BCUT2D eigenvalue weighted by molar-refractivity contribution is -0.0707. The summed E-state index contributed by atoms with van der Waals surface area (Å²) in [5.74, 6) is -0.212. The van der Waals surface area contributed by atoms with Crippen LogP contribution in [-0.4, -0.2) is 41.1 Å². The van der Waals surface area contributed by atoms with E-state index in [1.54, 1.807) is 0 Å². The molecule has 2 atom stereocenters. The molecule has 1 aliphatic heterocycles. The van der Waals surface area contributed by atoms with Crippen LogP contribution in [0.15, 0.2) is 29.6 Å². The molecule has 1 fully saturated rings. The van der Waals surface area contributed by atoms with E-state index in [0.717, 1.165) is 35.4 Å². The van der Waals surface area contributed by atoms with Gasteiger partial charge in [-0.15, -0.1) is 22.7 Å². The summed E-state index contributed by atoms with van der Waals surface area (Å²) in [4.78, 5) is 20.1. The fraction of sp³-hybridized carbons (Fsp3) is 0.368. The summed E-state index contributed by atoms with van der Waals surface area (Å²) in [5.41, 5.74) is 0.957. The average molecular weight is 422 g/mol. The number of rotatable bonds is 4. The minimum absolute atomic E-state index is 0.212. The first-order chi connectivity index (χ1) is 13.0. The zero-order valence-corrected chi connectivity index (χ0v) is 17.5. The summed E-state index contributed by atoms with van der Waals surface area (Å²) >= 11 is 9.23. The monoisotopic (exact) mass is 421 g/mol. The Morgan fingerprint density at radius 2 is 2.07 bits per heavy atom. The highest BCUT2D eigenvalue weighted by atomic mass is 35.5. The number of anilines is 1. The maximum Gasteiger partial charge on any atom is 0.269 e. The molecule has 27 heavy (non-hydrogen) atoms. The van der Waals surface area contributed by atoms with Gasteiger partial charge in [0.2, 0.25) is 0 Å². The number of nitrogens with one attached hydrogen (secondary N) is 1. The Bertz CT molecular complexity index is 961. The molecule has 5 nitrogen and oxygen atoms in total. The maximum atomic E-state index is 12.6. The Kier molecular flexibility index (Phi) is 5.48. The lowest BCUT2D eigenvalue weighted by Gasteiger charge is -2.34. The highest BCUT2D eigenvalue weighted by Gasteiger charge is 2.23. The van der Waals surface area contributed by atoms with Crippen molar-refractivity contribution >= 4 is 55.4 Å². The van der Waals surface area contributed by atoms with Gasteiger partial charge in [0.05, 0.1) is 22.9 Å². The Hall–Kier alpha value is -1.51. The third-order valence-corrected chi connectivity index (χ3v) is 6.87. The van der Waals surface area contributed by atoms with Crippen LogP contribution < -0.4 is 5.32 Å². The molecule has 8 heteroatoms. The molecule has 1 saturated heterocycles. The van der Waals surface area contributed by atoms with Crippen LogP contribution in [0.1, 0.15) is 29.2 Å². The molecule has 0 bridgehead atoms. The molecule has 0 saturated carbocycles. The number of hydrogen-bond donors (Lipinski definition) is 1. The van der Waals surface area contributed by atoms with Crippen LogP contribution in [-0.2, 0) is 11.3 Å². The van der Waals surface area contributed by atoms with Gasteiger partial charge in [-0.05, 0) is 19.9 Å². The van der Waals surface area contributed by atoms with Gasteiger partial charge in [0.15, 0.2) is 5.13 Å². The summed E-state index contributed by atoms with van der Waals surface area (Å²) in [7, 11) is 0. The number of nitrogens with zero attached hydrogens (tertiary/aromatic N) is 2. The molecule has 2 unspecified atom stereocenters. The first-order valence-electron chi connectivity index (χ1n) is 8.80. The first kappa shape index (κ1) is 18.8. The topological polar surface area (TPSA) is 54.5 Å². The van der Waals surface area contributed by atoms with Gasteiger partial charge in [-0.2, -0.15) is 0 Å². The van der Waals surface area contributed by atoms with Gasteiger partial charge in [0, 0.05) is 35.1 Å². The van der Waals surface area contributed by atoms with Crippen LogP contribution in [0.3, 0.4) is 0 Å². The van der Waals surface area contributed by atoms with Crippen molar-refractivity contribution in [2.45, 2.75) is 32.6 Å². The van der Waals surface area contributed by atoms with E-state index in [1.807, 2.05) is 29.6 Å². The number of fused-ring (bicyclic) bond motifs is 1. The Labute approximate surface area is 170 Å². The van der Waals surface area contributed by atoms with Crippen molar-refractivity contribution in [1.82, 2.24) is 9.88 Å². The zero-order chi connectivity index (χ0) is 19.0. The fourth-order valence-electron chi connectivity index (χ4n) is 3.39. The molecule has 1 aromatic carbocycles. The molecule has 3 aromatic rings. The van der Waals surface area contributed by atoms with Gasteiger partial charge in [0.1, 0.15) is 4.88 Å². The van der Waals surface area contributed by atoms with Crippen molar-refractivity contribution in [3.63, 3.8) is 0 Å². The van der Waals surface area contributed by atoms with E-state index in [1.165, 1.54) is 22.7 Å². The number of aromatic nitrogens is 1. The summed E-state index contributed by atoms with van der Waals surface area (Å²) in [5, 5.41) is 6.88. The van der Waals surface area contributed by atoms with Crippen LogP contribution in [0.2, 0.25) is 5.02 Å². The fourth-order valence-corrected chi connectivity index (χ4v) is 5.50. The molecule has 0 spiro atoms. The van der Waals surface area contributed by atoms with Gasteiger partial charge >= 0.3 is 0 Å². The molecule has 1 aliphatic rings. The van der Waals surface area contributed by atoms with E-state index >= 15 is 0 Å². The summed E-state index contributed by atoms with van der Waals surface area (Å²) in [6.07, 6.45) is 0.448. The third-order valence-electron chi connectivity index (χ3n) is 4.39. The lowest BCUT2D eigenvalue weighted by Crippen LogP contribution is -2.44. The maximum absolute atomic E-state index is 12.6. The van der Waals surface area contributed by atoms with Crippen molar-refractivity contribution in [1.29, 1.82) is 0 Å². The number of carbonyl (C=O) groups excluding carboxylic acids is 1. The third kappa shape index (κ3) is 4.17. The number of amides is 1. The van der Waals surface area contributed by atoms with Gasteiger partial charge in [-0.3, -0.25) is 15.0 Å². The van der Waals surface area contributed by atoms with Gasteiger partial charge < -0.3 is 4.74 Å². The van der Waals surface area contributed by atoms with E-state index in [4.69, 9.17) is 16.3 Å². The summed E-state index contributed by atoms with van der Waals surface area (Å²) in [6, 6.07) is 7.76. The smallest absolute Gasteiger partial charge is 0.269 e. The van der Waals surface area contributed by atoms with Crippen LogP contribution in [0.4, 0.5) is 5.13 Å². The molecule has 1 amide bonds. The molecular weight excluding hydrogens is 402 g/mol. The molecule has 142 valence electrons. The second kappa shape index (κ2) is 7.85.